The standard InChI is InChI=1S/C13H24N2/c1-9-13(14)4-5-15(9)8-12-7-10-2-3-11(12)6-10/h9-13H,2-8,14H2,1H3. The largest absolute Gasteiger partial charge is 0.326 e. The molecule has 2 saturated carbocycles. The van der Waals surface area contributed by atoms with E-state index in [2.05, 4.69) is 11.8 Å². The maximum absolute atomic E-state index is 6.08. The van der Waals surface area contributed by atoms with E-state index >= 15 is 0 Å². The molecule has 3 rings (SSSR count). The number of hydrogen-bond acceptors (Lipinski definition) is 2. The Hall–Kier alpha value is -0.0800. The second kappa shape index (κ2) is 3.74. The third kappa shape index (κ3) is 1.72. The average Bonchev–Trinajstić information content (AvgIpc) is 2.89. The predicted octanol–water partition coefficient (Wildman–Crippen LogP) is 1.84. The van der Waals surface area contributed by atoms with Crippen molar-refractivity contribution in [3.05, 3.63) is 0 Å². The van der Waals surface area contributed by atoms with E-state index in [-0.39, 0.29) is 0 Å². The molecule has 2 nitrogen and oxygen atoms in total. The summed E-state index contributed by atoms with van der Waals surface area (Å²) >= 11 is 0. The molecule has 0 spiro atoms. The number of rotatable bonds is 2. The Bertz CT molecular complexity index is 239. The topological polar surface area (TPSA) is 29.3 Å². The van der Waals surface area contributed by atoms with Gasteiger partial charge in [0, 0.05) is 25.2 Å². The summed E-state index contributed by atoms with van der Waals surface area (Å²) in [5.41, 5.74) is 6.08. The highest BCUT2D eigenvalue weighted by Crippen LogP contribution is 2.48. The number of nitrogens with two attached hydrogens (primary N) is 1. The zero-order chi connectivity index (χ0) is 10.4. The van der Waals surface area contributed by atoms with Crippen molar-refractivity contribution in [2.45, 2.75) is 51.1 Å². The molecule has 1 saturated heterocycles. The lowest BCUT2D eigenvalue weighted by Crippen LogP contribution is -2.40. The highest BCUT2D eigenvalue weighted by atomic mass is 15.2. The van der Waals surface area contributed by atoms with Crippen LogP contribution in [0.4, 0.5) is 0 Å². The summed E-state index contributed by atoms with van der Waals surface area (Å²) in [6, 6.07) is 1.06. The van der Waals surface area contributed by atoms with Crippen molar-refractivity contribution < 1.29 is 0 Å². The van der Waals surface area contributed by atoms with Crippen molar-refractivity contribution >= 4 is 0 Å². The summed E-state index contributed by atoms with van der Waals surface area (Å²) in [5, 5.41) is 0. The number of nitrogens with zero attached hydrogens (tertiary/aromatic N) is 1. The lowest BCUT2D eigenvalue weighted by atomic mass is 9.88. The molecular weight excluding hydrogens is 184 g/mol. The van der Waals surface area contributed by atoms with Crippen LogP contribution in [-0.2, 0) is 0 Å². The second-order valence-corrected chi connectivity index (χ2v) is 6.12. The molecular formula is C13H24N2. The molecule has 1 heterocycles. The lowest BCUT2D eigenvalue weighted by Gasteiger charge is -2.30. The molecule has 2 bridgehead atoms. The van der Waals surface area contributed by atoms with Crippen molar-refractivity contribution in [3.63, 3.8) is 0 Å². The van der Waals surface area contributed by atoms with Gasteiger partial charge in [0.15, 0.2) is 0 Å². The number of fused-ring (bicyclic) bond motifs is 2. The maximum Gasteiger partial charge on any atom is 0.0219 e. The zero-order valence-corrected chi connectivity index (χ0v) is 9.86. The Morgan fingerprint density at radius 3 is 2.60 bits per heavy atom. The Kier molecular flexibility index (Phi) is 2.52. The third-order valence-corrected chi connectivity index (χ3v) is 5.30. The summed E-state index contributed by atoms with van der Waals surface area (Å²) in [4.78, 5) is 2.65. The van der Waals surface area contributed by atoms with Crippen LogP contribution in [-0.4, -0.2) is 30.1 Å². The first-order chi connectivity index (χ1) is 7.24. The van der Waals surface area contributed by atoms with Gasteiger partial charge in [-0.3, -0.25) is 4.90 Å². The maximum atomic E-state index is 6.08. The molecule has 5 atom stereocenters. The van der Waals surface area contributed by atoms with Crippen LogP contribution >= 0.6 is 0 Å². The average molecular weight is 208 g/mol. The van der Waals surface area contributed by atoms with Crippen molar-refractivity contribution in [2.75, 3.05) is 13.1 Å². The molecule has 0 aromatic rings. The van der Waals surface area contributed by atoms with E-state index in [1.54, 1.807) is 6.42 Å². The van der Waals surface area contributed by atoms with Gasteiger partial charge in [-0.1, -0.05) is 6.42 Å². The van der Waals surface area contributed by atoms with E-state index in [0.29, 0.717) is 12.1 Å². The molecule has 5 unspecified atom stereocenters. The fourth-order valence-electron chi connectivity index (χ4n) is 4.19. The molecule has 2 aliphatic carbocycles. The molecule has 0 radical (unpaired) electrons. The molecule has 0 amide bonds. The molecule has 15 heavy (non-hydrogen) atoms. The van der Waals surface area contributed by atoms with Crippen LogP contribution in [0.3, 0.4) is 0 Å². The van der Waals surface area contributed by atoms with Gasteiger partial charge in [-0.25, -0.2) is 0 Å². The highest BCUT2D eigenvalue weighted by molar-refractivity contribution is 4.94. The number of hydrogen-bond donors (Lipinski definition) is 1. The molecule has 3 fully saturated rings. The van der Waals surface area contributed by atoms with Crippen LogP contribution in [0, 0.1) is 17.8 Å². The summed E-state index contributed by atoms with van der Waals surface area (Å²) in [5.74, 6) is 3.17. The van der Waals surface area contributed by atoms with Gasteiger partial charge >= 0.3 is 0 Å². The molecule has 86 valence electrons. The molecule has 2 N–H and O–H groups in total. The zero-order valence-electron chi connectivity index (χ0n) is 9.86. The van der Waals surface area contributed by atoms with E-state index < -0.39 is 0 Å². The SMILES string of the molecule is CC1C(N)CCN1CC1CC2CCC1C2. The van der Waals surface area contributed by atoms with Gasteiger partial charge in [0.05, 0.1) is 0 Å². The fourth-order valence-corrected chi connectivity index (χ4v) is 4.19. The van der Waals surface area contributed by atoms with E-state index in [9.17, 15) is 0 Å². The Labute approximate surface area is 93.2 Å². The highest BCUT2D eigenvalue weighted by Gasteiger charge is 2.41. The van der Waals surface area contributed by atoms with E-state index in [1.807, 2.05) is 0 Å². The van der Waals surface area contributed by atoms with Crippen molar-refractivity contribution in [3.8, 4) is 0 Å². The monoisotopic (exact) mass is 208 g/mol. The smallest absolute Gasteiger partial charge is 0.0219 e. The Morgan fingerprint density at radius 2 is 2.07 bits per heavy atom. The fraction of sp³-hybridized carbons (Fsp3) is 1.00. The minimum atomic E-state index is 0.434. The Morgan fingerprint density at radius 1 is 1.20 bits per heavy atom. The van der Waals surface area contributed by atoms with E-state index in [4.69, 9.17) is 5.73 Å². The second-order valence-electron chi connectivity index (χ2n) is 6.12. The summed E-state index contributed by atoms with van der Waals surface area (Å²) in [6.07, 6.45) is 7.31. The van der Waals surface area contributed by atoms with Crippen molar-refractivity contribution in [1.82, 2.24) is 4.90 Å². The van der Waals surface area contributed by atoms with Gasteiger partial charge in [0.2, 0.25) is 0 Å². The lowest BCUT2D eigenvalue weighted by molar-refractivity contribution is 0.181. The van der Waals surface area contributed by atoms with Crippen LogP contribution in [0.1, 0.15) is 39.0 Å². The van der Waals surface area contributed by atoms with Gasteiger partial charge in [0.1, 0.15) is 0 Å². The van der Waals surface area contributed by atoms with Gasteiger partial charge < -0.3 is 5.73 Å². The van der Waals surface area contributed by atoms with Crippen LogP contribution in [0.25, 0.3) is 0 Å². The molecule has 2 heteroatoms. The summed E-state index contributed by atoms with van der Waals surface area (Å²) in [7, 11) is 0. The van der Waals surface area contributed by atoms with Crippen LogP contribution in [0.2, 0.25) is 0 Å². The summed E-state index contributed by atoms with van der Waals surface area (Å²) < 4.78 is 0. The van der Waals surface area contributed by atoms with Crippen LogP contribution < -0.4 is 5.73 Å². The van der Waals surface area contributed by atoms with Gasteiger partial charge in [-0.2, -0.15) is 0 Å². The van der Waals surface area contributed by atoms with Crippen molar-refractivity contribution in [2.24, 2.45) is 23.5 Å². The van der Waals surface area contributed by atoms with E-state index in [0.717, 1.165) is 17.8 Å². The summed E-state index contributed by atoms with van der Waals surface area (Å²) in [6.45, 7) is 4.90. The molecule has 3 aliphatic rings. The predicted molar refractivity (Wildman–Crippen MR) is 62.6 cm³/mol. The first-order valence-electron chi connectivity index (χ1n) is 6.73. The van der Waals surface area contributed by atoms with Crippen LogP contribution in [0.5, 0.6) is 0 Å². The molecule has 0 aromatic heterocycles. The van der Waals surface area contributed by atoms with Crippen molar-refractivity contribution in [1.29, 1.82) is 0 Å². The quantitative estimate of drug-likeness (QED) is 0.750. The van der Waals surface area contributed by atoms with Gasteiger partial charge in [-0.05, 0) is 50.4 Å². The van der Waals surface area contributed by atoms with E-state index in [1.165, 1.54) is 38.8 Å². The molecule has 1 aliphatic heterocycles. The first kappa shape index (κ1) is 10.1. The van der Waals surface area contributed by atoms with Gasteiger partial charge in [0.25, 0.3) is 0 Å². The first-order valence-corrected chi connectivity index (χ1v) is 6.73. The normalized spacial score (nSPS) is 50.4. The third-order valence-electron chi connectivity index (χ3n) is 5.30. The molecule has 0 aromatic carbocycles. The van der Waals surface area contributed by atoms with Crippen LogP contribution in [0.15, 0.2) is 0 Å². The Balaban J connectivity index is 1.57. The minimum absolute atomic E-state index is 0.434. The minimum Gasteiger partial charge on any atom is -0.326 e. The number of likely N-dealkylation sites (tertiary alicyclic amines) is 1. The van der Waals surface area contributed by atoms with Gasteiger partial charge in [-0.15, -0.1) is 0 Å².